The van der Waals surface area contributed by atoms with Crippen molar-refractivity contribution in [1.82, 2.24) is 0 Å². The topological polar surface area (TPSA) is 44.8 Å². The Kier molecular flexibility index (Phi) is 5.66. The first-order valence-electron chi connectivity index (χ1n) is 5.41. The van der Waals surface area contributed by atoms with E-state index in [0.717, 1.165) is 24.7 Å². The van der Waals surface area contributed by atoms with E-state index in [4.69, 9.17) is 0 Å². The van der Waals surface area contributed by atoms with Crippen LogP contribution in [0.15, 0.2) is 24.3 Å². The zero-order valence-corrected chi connectivity index (χ0v) is 10.5. The third-order valence-corrected chi connectivity index (χ3v) is 1.92. The fourth-order valence-electron chi connectivity index (χ4n) is 1.34. The summed E-state index contributed by atoms with van der Waals surface area (Å²) in [6.45, 7) is 0.830. The molecule has 1 aromatic carbocycles. The molecule has 0 saturated heterocycles. The molecular formula is C12H7F6O4. The van der Waals surface area contributed by atoms with Gasteiger partial charge in [-0.3, -0.25) is 0 Å². The van der Waals surface area contributed by atoms with Crippen LogP contribution in [0.3, 0.4) is 0 Å². The standard InChI is InChI=1S/C12H7F6O4/c13-11(14,15)21-9-4-8(2-1-3-20-7-19)5-10(6-9)22-12(16,17)18/h1-2,4-6H,3H2. The largest absolute Gasteiger partial charge is 0.573 e. The molecule has 0 bridgehead atoms. The molecule has 0 aliphatic carbocycles. The van der Waals surface area contributed by atoms with Crippen LogP contribution in [0.4, 0.5) is 26.3 Å². The Morgan fingerprint density at radius 1 is 0.955 bits per heavy atom. The van der Waals surface area contributed by atoms with E-state index in [-0.39, 0.29) is 12.2 Å². The number of hydrogen-bond donors (Lipinski definition) is 0. The van der Waals surface area contributed by atoms with Crippen molar-refractivity contribution >= 4 is 12.5 Å². The summed E-state index contributed by atoms with van der Waals surface area (Å²) in [5.74, 6) is -1.78. The molecule has 0 aliphatic heterocycles. The highest BCUT2D eigenvalue weighted by Gasteiger charge is 2.33. The zero-order valence-electron chi connectivity index (χ0n) is 10.5. The first-order valence-corrected chi connectivity index (χ1v) is 5.41. The zero-order chi connectivity index (χ0) is 16.8. The van der Waals surface area contributed by atoms with Crippen LogP contribution in [-0.2, 0) is 9.53 Å². The van der Waals surface area contributed by atoms with E-state index in [1.807, 2.05) is 0 Å². The summed E-state index contributed by atoms with van der Waals surface area (Å²) in [5, 5.41) is 0. The molecule has 4 nitrogen and oxygen atoms in total. The number of carbonyl (C=O) groups excluding carboxylic acids is 1. The van der Waals surface area contributed by atoms with Crippen LogP contribution in [-0.4, -0.2) is 25.8 Å². The van der Waals surface area contributed by atoms with Crippen LogP contribution in [0.5, 0.6) is 11.5 Å². The predicted octanol–water partition coefficient (Wildman–Crippen LogP) is 3.58. The van der Waals surface area contributed by atoms with Crippen molar-refractivity contribution in [2.45, 2.75) is 12.7 Å². The number of halogens is 6. The lowest BCUT2D eigenvalue weighted by molar-refractivity contribution is -0.276. The first kappa shape index (κ1) is 17.7. The number of ether oxygens (including phenoxy) is 3. The molecule has 1 rings (SSSR count). The quantitative estimate of drug-likeness (QED) is 0.591. The van der Waals surface area contributed by atoms with E-state index >= 15 is 0 Å². The Balaban J connectivity index is 3.03. The summed E-state index contributed by atoms with van der Waals surface area (Å²) in [4.78, 5) is 9.77. The Bertz CT molecular complexity index is 501. The summed E-state index contributed by atoms with van der Waals surface area (Å²) < 4.78 is 84.0. The monoisotopic (exact) mass is 329 g/mol. The molecule has 0 N–H and O–H groups in total. The maximum Gasteiger partial charge on any atom is 0.573 e. The van der Waals surface area contributed by atoms with Crippen molar-refractivity contribution in [1.29, 1.82) is 0 Å². The van der Waals surface area contributed by atoms with Gasteiger partial charge in [0.25, 0.3) is 0 Å². The molecule has 0 heterocycles. The molecule has 0 atom stereocenters. The Morgan fingerprint density at radius 3 is 1.86 bits per heavy atom. The molecule has 0 amide bonds. The lowest BCUT2D eigenvalue weighted by atomic mass is 10.2. The number of alkyl halides is 6. The van der Waals surface area contributed by atoms with E-state index < -0.39 is 24.2 Å². The first-order chi connectivity index (χ1) is 10.1. The molecule has 0 spiro atoms. The van der Waals surface area contributed by atoms with Gasteiger partial charge in [0.1, 0.15) is 18.1 Å². The van der Waals surface area contributed by atoms with Crippen LogP contribution >= 0.6 is 0 Å². The summed E-state index contributed by atoms with van der Waals surface area (Å²) in [6, 6.07) is 2.10. The third-order valence-electron chi connectivity index (χ3n) is 1.92. The number of benzene rings is 1. The van der Waals surface area contributed by atoms with Gasteiger partial charge in [-0.05, 0) is 23.8 Å². The van der Waals surface area contributed by atoms with Gasteiger partial charge in [-0.25, -0.2) is 4.79 Å². The molecule has 121 valence electrons. The second-order valence-corrected chi connectivity index (χ2v) is 3.63. The molecule has 1 aromatic rings. The molecule has 22 heavy (non-hydrogen) atoms. The van der Waals surface area contributed by atoms with Crippen molar-refractivity contribution in [3.05, 3.63) is 29.8 Å². The Morgan fingerprint density at radius 2 is 1.45 bits per heavy atom. The predicted molar refractivity (Wildman–Crippen MR) is 60.5 cm³/mol. The SMILES string of the molecule is O=[C]OCC=Cc1cc(OC(F)(F)F)cc(OC(F)(F)F)c1. The molecule has 0 aromatic heterocycles. The smallest absolute Gasteiger partial charge is 0.453 e. The summed E-state index contributed by atoms with van der Waals surface area (Å²) in [5.41, 5.74) is -0.0875. The lowest BCUT2D eigenvalue weighted by Gasteiger charge is -2.13. The van der Waals surface area contributed by atoms with Crippen LogP contribution in [0.2, 0.25) is 0 Å². The second-order valence-electron chi connectivity index (χ2n) is 3.63. The van der Waals surface area contributed by atoms with Crippen molar-refractivity contribution in [3.8, 4) is 11.5 Å². The Hall–Kier alpha value is -2.39. The highest BCUT2D eigenvalue weighted by Crippen LogP contribution is 2.31. The van der Waals surface area contributed by atoms with Gasteiger partial charge in [-0.2, -0.15) is 0 Å². The summed E-state index contributed by atoms with van der Waals surface area (Å²) in [7, 11) is 0. The average molecular weight is 329 g/mol. The van der Waals surface area contributed by atoms with Gasteiger partial charge in [0.2, 0.25) is 0 Å². The van der Waals surface area contributed by atoms with Crippen molar-refractivity contribution in [2.75, 3.05) is 6.61 Å². The molecule has 0 fully saturated rings. The van der Waals surface area contributed by atoms with Crippen LogP contribution in [0, 0.1) is 0 Å². The van der Waals surface area contributed by atoms with E-state index in [0.29, 0.717) is 6.07 Å². The van der Waals surface area contributed by atoms with Gasteiger partial charge in [0.05, 0.1) is 0 Å². The van der Waals surface area contributed by atoms with Gasteiger partial charge in [-0.15, -0.1) is 26.3 Å². The fraction of sp³-hybridized carbons (Fsp3) is 0.250. The lowest BCUT2D eigenvalue weighted by Crippen LogP contribution is -2.19. The fourth-order valence-corrected chi connectivity index (χ4v) is 1.34. The van der Waals surface area contributed by atoms with Gasteiger partial charge in [0.15, 0.2) is 0 Å². The van der Waals surface area contributed by atoms with Gasteiger partial charge in [-0.1, -0.05) is 6.08 Å². The molecule has 0 saturated carbocycles. The van der Waals surface area contributed by atoms with Crippen molar-refractivity contribution in [2.24, 2.45) is 0 Å². The Labute approximate surface area is 119 Å². The molecule has 1 radical (unpaired) electrons. The van der Waals surface area contributed by atoms with E-state index in [2.05, 4.69) is 14.2 Å². The highest BCUT2D eigenvalue weighted by atomic mass is 19.4. The average Bonchev–Trinajstić information content (AvgIpc) is 2.30. The highest BCUT2D eigenvalue weighted by molar-refractivity contribution is 5.55. The molecule has 0 aliphatic rings. The maximum atomic E-state index is 12.1. The minimum absolute atomic E-state index is 0.0875. The van der Waals surface area contributed by atoms with E-state index in [1.165, 1.54) is 6.08 Å². The minimum atomic E-state index is -5.08. The second kappa shape index (κ2) is 7.05. The third kappa shape index (κ3) is 7.41. The van der Waals surface area contributed by atoms with E-state index in [1.54, 1.807) is 0 Å². The van der Waals surface area contributed by atoms with Crippen LogP contribution in [0.25, 0.3) is 6.08 Å². The minimum Gasteiger partial charge on any atom is -0.453 e. The van der Waals surface area contributed by atoms with Crippen molar-refractivity contribution < 1.29 is 45.3 Å². The summed E-state index contributed by atoms with van der Waals surface area (Å²) >= 11 is 0. The normalized spacial score (nSPS) is 12.3. The van der Waals surface area contributed by atoms with Crippen molar-refractivity contribution in [3.63, 3.8) is 0 Å². The number of rotatable bonds is 6. The molecular weight excluding hydrogens is 322 g/mol. The molecule has 0 unspecified atom stereocenters. The molecule has 10 heteroatoms. The van der Waals surface area contributed by atoms with Gasteiger partial charge < -0.3 is 14.2 Å². The van der Waals surface area contributed by atoms with Crippen LogP contribution in [0.1, 0.15) is 5.56 Å². The van der Waals surface area contributed by atoms with Crippen LogP contribution < -0.4 is 9.47 Å². The number of hydrogen-bond acceptors (Lipinski definition) is 4. The summed E-state index contributed by atoms with van der Waals surface area (Å²) in [6.07, 6.45) is -7.86. The van der Waals surface area contributed by atoms with E-state index in [9.17, 15) is 31.1 Å². The maximum absolute atomic E-state index is 12.1. The van der Waals surface area contributed by atoms with Gasteiger partial charge >= 0.3 is 19.2 Å². The van der Waals surface area contributed by atoms with Gasteiger partial charge in [0, 0.05) is 6.07 Å².